The van der Waals surface area contributed by atoms with Crippen LogP contribution < -0.4 is 10.1 Å². The Bertz CT molecular complexity index is 1400. The number of hydrogen-bond acceptors (Lipinski definition) is 7. The number of Topliss-reactive ketones (excluding diaryl/α,β-unsaturated/α-hetero) is 1. The second-order valence-corrected chi connectivity index (χ2v) is 11.9. The van der Waals surface area contributed by atoms with Gasteiger partial charge in [0.05, 0.1) is 0 Å². The molecule has 2 atom stereocenters. The number of hydrogen-bond donors (Lipinski definition) is 2. The van der Waals surface area contributed by atoms with Gasteiger partial charge in [0.1, 0.15) is 17.0 Å². The second-order valence-electron chi connectivity index (χ2n) is 11.9. The molecule has 2 unspecified atom stereocenters. The second kappa shape index (κ2) is 9.08. The zero-order valence-corrected chi connectivity index (χ0v) is 23.8. The monoisotopic (exact) mass is 537 g/mol. The van der Waals surface area contributed by atoms with Crippen molar-refractivity contribution >= 4 is 23.9 Å². The number of aryl methyl sites for hydroxylation is 2. The van der Waals surface area contributed by atoms with E-state index in [1.54, 1.807) is 77.9 Å². The molecule has 0 radical (unpaired) electrons. The third-order valence-corrected chi connectivity index (χ3v) is 6.62. The first-order valence-corrected chi connectivity index (χ1v) is 12.6. The number of benzene rings is 2. The average Bonchev–Trinajstić information content (AvgIpc) is 3.14. The van der Waals surface area contributed by atoms with E-state index in [9.17, 15) is 19.5 Å². The first-order valence-electron chi connectivity index (χ1n) is 12.6. The van der Waals surface area contributed by atoms with E-state index in [0.717, 1.165) is 11.1 Å². The molecule has 2 aromatic carbocycles. The van der Waals surface area contributed by atoms with Crippen LogP contribution in [-0.2, 0) is 20.8 Å². The van der Waals surface area contributed by atoms with Gasteiger partial charge in [0.2, 0.25) is 17.3 Å². The molecule has 0 saturated carbocycles. The summed E-state index contributed by atoms with van der Waals surface area (Å²) in [5, 5.41) is 14.8. The Morgan fingerprint density at radius 3 is 2.18 bits per heavy atom. The largest absolute Gasteiger partial charge is 0.454 e. The van der Waals surface area contributed by atoms with Crippen molar-refractivity contribution in [1.29, 1.82) is 0 Å². The summed E-state index contributed by atoms with van der Waals surface area (Å²) < 4.78 is 16.9. The fourth-order valence-corrected chi connectivity index (χ4v) is 4.94. The molecule has 208 valence electrons. The van der Waals surface area contributed by atoms with Crippen LogP contribution in [0.3, 0.4) is 0 Å². The third-order valence-electron chi connectivity index (χ3n) is 6.62. The molecule has 2 aromatic rings. The summed E-state index contributed by atoms with van der Waals surface area (Å²) in [6, 6.07) is 10.1. The average molecular weight is 538 g/mol. The maximum absolute atomic E-state index is 14.3. The lowest BCUT2D eigenvalue weighted by Crippen LogP contribution is -2.63. The maximum atomic E-state index is 14.3. The Balaban J connectivity index is 1.94. The molecule has 2 amide bonds. The van der Waals surface area contributed by atoms with E-state index in [1.807, 2.05) is 13.8 Å². The van der Waals surface area contributed by atoms with Crippen LogP contribution >= 0.6 is 0 Å². The van der Waals surface area contributed by atoms with Gasteiger partial charge in [-0.25, -0.2) is 9.59 Å². The molecule has 0 fully saturated rings. The SMILES string of the molecule is Cc1cc2c(cc1C)C1(N(C)C(=NC(=O)OC(C)(C)C)NC(=O)OC(C)(C)C)C(=O)c3ccccc3C1(O)O2. The Morgan fingerprint density at radius 2 is 1.56 bits per heavy atom. The lowest BCUT2D eigenvalue weighted by atomic mass is 9.80. The molecule has 39 heavy (non-hydrogen) atoms. The highest BCUT2D eigenvalue weighted by Crippen LogP contribution is 2.61. The number of carbonyl (C=O) groups excluding carboxylic acids is 3. The maximum Gasteiger partial charge on any atom is 0.437 e. The van der Waals surface area contributed by atoms with Crippen molar-refractivity contribution in [2.24, 2.45) is 4.99 Å². The van der Waals surface area contributed by atoms with E-state index >= 15 is 0 Å². The van der Waals surface area contributed by atoms with E-state index in [4.69, 9.17) is 14.2 Å². The smallest absolute Gasteiger partial charge is 0.437 e. The number of carbonyl (C=O) groups is 3. The predicted molar refractivity (Wildman–Crippen MR) is 144 cm³/mol. The first kappa shape index (κ1) is 28.1. The van der Waals surface area contributed by atoms with Gasteiger partial charge in [-0.05, 0) is 78.6 Å². The lowest BCUT2D eigenvalue weighted by molar-refractivity contribution is -0.188. The number of ether oxygens (including phenoxy) is 3. The zero-order chi connectivity index (χ0) is 29.1. The van der Waals surface area contributed by atoms with Crippen molar-refractivity contribution in [2.75, 3.05) is 7.05 Å². The molecule has 0 aromatic heterocycles. The Kier molecular flexibility index (Phi) is 6.54. The van der Waals surface area contributed by atoms with Crippen molar-refractivity contribution in [2.45, 2.75) is 77.9 Å². The van der Waals surface area contributed by atoms with Crippen molar-refractivity contribution in [3.05, 3.63) is 64.2 Å². The molecule has 10 nitrogen and oxygen atoms in total. The van der Waals surface area contributed by atoms with Gasteiger partial charge in [0.25, 0.3) is 5.79 Å². The number of alkyl carbamates (subject to hydrolysis) is 1. The summed E-state index contributed by atoms with van der Waals surface area (Å²) in [6.07, 6.45) is -1.93. The van der Waals surface area contributed by atoms with Crippen LogP contribution in [0.25, 0.3) is 0 Å². The molecule has 1 heterocycles. The number of rotatable bonds is 1. The molecule has 0 bridgehead atoms. The van der Waals surface area contributed by atoms with Crippen LogP contribution in [0.1, 0.15) is 74.2 Å². The van der Waals surface area contributed by atoms with Crippen molar-refractivity contribution in [3.8, 4) is 5.75 Å². The minimum Gasteiger partial charge on any atom is -0.454 e. The third kappa shape index (κ3) is 4.63. The number of aliphatic imine (C=N–C) groups is 1. The summed E-state index contributed by atoms with van der Waals surface area (Å²) >= 11 is 0. The molecule has 0 spiro atoms. The van der Waals surface area contributed by atoms with Crippen LogP contribution in [0, 0.1) is 13.8 Å². The number of guanidine groups is 1. The Hall–Kier alpha value is -3.92. The summed E-state index contributed by atoms with van der Waals surface area (Å²) in [6.45, 7) is 13.8. The minimum absolute atomic E-state index is 0.240. The zero-order valence-electron chi connectivity index (χ0n) is 23.8. The number of fused-ring (bicyclic) bond motifs is 5. The van der Waals surface area contributed by atoms with E-state index in [1.165, 1.54) is 11.9 Å². The van der Waals surface area contributed by atoms with Gasteiger partial charge in [0, 0.05) is 23.7 Å². The van der Waals surface area contributed by atoms with Crippen LogP contribution in [0.15, 0.2) is 41.4 Å². The fourth-order valence-electron chi connectivity index (χ4n) is 4.94. The highest BCUT2D eigenvalue weighted by Gasteiger charge is 2.73. The Morgan fingerprint density at radius 1 is 0.974 bits per heavy atom. The molecular formula is C29H35N3O7. The highest BCUT2D eigenvalue weighted by atomic mass is 16.6. The van der Waals surface area contributed by atoms with Gasteiger partial charge in [-0.3, -0.25) is 10.1 Å². The van der Waals surface area contributed by atoms with Gasteiger partial charge < -0.3 is 24.2 Å². The van der Waals surface area contributed by atoms with Gasteiger partial charge >= 0.3 is 12.2 Å². The standard InChI is InChI=1S/C29H35N3O7/c1-16-14-20-21(15-17(16)2)37-29(36)19-13-11-10-12-18(19)22(33)28(20,29)32(9)23(30-24(34)38-26(3,4)5)31-25(35)39-27(6,7)8/h10-15,36H,1-9H3,(H,30,31,34,35). The molecule has 4 rings (SSSR count). The summed E-state index contributed by atoms with van der Waals surface area (Å²) in [5.41, 5.74) is -1.09. The number of aliphatic hydroxyl groups is 1. The van der Waals surface area contributed by atoms with Crippen molar-refractivity contribution in [1.82, 2.24) is 10.2 Å². The van der Waals surface area contributed by atoms with E-state index < -0.39 is 40.5 Å². The van der Waals surface area contributed by atoms with E-state index in [0.29, 0.717) is 11.3 Å². The molecule has 1 aliphatic heterocycles. The van der Waals surface area contributed by atoms with Crippen LogP contribution in [0.2, 0.25) is 0 Å². The van der Waals surface area contributed by atoms with Gasteiger partial charge in [-0.1, -0.05) is 24.3 Å². The van der Waals surface area contributed by atoms with Crippen LogP contribution in [0.4, 0.5) is 9.59 Å². The number of amides is 2. The van der Waals surface area contributed by atoms with Crippen molar-refractivity contribution < 1.29 is 33.7 Å². The Labute approximate surface area is 228 Å². The highest BCUT2D eigenvalue weighted by molar-refractivity contribution is 6.13. The van der Waals surface area contributed by atoms with E-state index in [2.05, 4.69) is 10.3 Å². The van der Waals surface area contributed by atoms with E-state index in [-0.39, 0.29) is 17.1 Å². The summed E-state index contributed by atoms with van der Waals surface area (Å²) in [4.78, 5) is 45.4. The molecule has 2 N–H and O–H groups in total. The molecule has 1 aliphatic carbocycles. The molecule has 2 aliphatic rings. The van der Waals surface area contributed by atoms with Gasteiger partial charge in [0.15, 0.2) is 0 Å². The molecular weight excluding hydrogens is 502 g/mol. The fraction of sp³-hybridized carbons (Fsp3) is 0.448. The lowest BCUT2D eigenvalue weighted by Gasteiger charge is -2.42. The predicted octanol–water partition coefficient (Wildman–Crippen LogP) is 4.68. The number of nitrogens with one attached hydrogen (secondary N) is 1. The minimum atomic E-state index is -2.21. The van der Waals surface area contributed by atoms with Crippen molar-refractivity contribution in [3.63, 3.8) is 0 Å². The molecule has 10 heteroatoms. The topological polar surface area (TPSA) is 127 Å². The van der Waals surface area contributed by atoms with Crippen LogP contribution in [-0.4, -0.2) is 52.2 Å². The quantitative estimate of drug-likeness (QED) is 0.397. The summed E-state index contributed by atoms with van der Waals surface area (Å²) in [5.74, 6) is -2.77. The van der Waals surface area contributed by atoms with Gasteiger partial charge in [-0.15, -0.1) is 4.99 Å². The first-order chi connectivity index (χ1) is 17.9. The van der Waals surface area contributed by atoms with Crippen LogP contribution in [0.5, 0.6) is 5.75 Å². The number of ketones is 1. The summed E-state index contributed by atoms with van der Waals surface area (Å²) in [7, 11) is 1.45. The normalized spacial score (nSPS) is 21.9. The number of likely N-dealkylation sites (N-methyl/N-ethyl adjacent to an activating group) is 1. The number of nitrogens with zero attached hydrogens (tertiary/aromatic N) is 2. The molecule has 0 saturated heterocycles. The van der Waals surface area contributed by atoms with Gasteiger partial charge in [-0.2, -0.15) is 0 Å².